The van der Waals surface area contributed by atoms with Gasteiger partial charge >= 0.3 is 0 Å². The van der Waals surface area contributed by atoms with E-state index in [9.17, 15) is 8.42 Å². The van der Waals surface area contributed by atoms with Crippen LogP contribution in [0, 0.1) is 5.92 Å². The van der Waals surface area contributed by atoms with Crippen molar-refractivity contribution in [2.75, 3.05) is 18.1 Å². The topological polar surface area (TPSA) is 37.4 Å². The monoisotopic (exact) mass is 233 g/mol. The molecule has 0 amide bonds. The van der Waals surface area contributed by atoms with Crippen LogP contribution in [0.25, 0.3) is 0 Å². The van der Waals surface area contributed by atoms with Crippen molar-refractivity contribution >= 4 is 9.84 Å². The van der Waals surface area contributed by atoms with E-state index in [0.717, 1.165) is 6.42 Å². The summed E-state index contributed by atoms with van der Waals surface area (Å²) in [6.45, 7) is 9.30. The van der Waals surface area contributed by atoms with Gasteiger partial charge in [0.2, 0.25) is 0 Å². The van der Waals surface area contributed by atoms with Crippen LogP contribution in [-0.2, 0) is 9.84 Å². The first-order valence-electron chi connectivity index (χ1n) is 5.78. The van der Waals surface area contributed by atoms with E-state index in [0.29, 0.717) is 30.0 Å². The van der Waals surface area contributed by atoms with Gasteiger partial charge in [0.15, 0.2) is 9.84 Å². The van der Waals surface area contributed by atoms with E-state index in [1.54, 1.807) is 0 Å². The summed E-state index contributed by atoms with van der Waals surface area (Å²) >= 11 is 0. The second-order valence-electron chi connectivity index (χ2n) is 5.23. The molecule has 0 N–H and O–H groups in total. The van der Waals surface area contributed by atoms with Crippen LogP contribution < -0.4 is 0 Å². The Morgan fingerprint density at radius 1 is 1.27 bits per heavy atom. The van der Waals surface area contributed by atoms with Crippen LogP contribution in [0.5, 0.6) is 0 Å². The van der Waals surface area contributed by atoms with Crippen LogP contribution >= 0.6 is 0 Å². The molecule has 1 saturated heterocycles. The van der Waals surface area contributed by atoms with Gasteiger partial charge in [0, 0.05) is 18.6 Å². The lowest BCUT2D eigenvalue weighted by molar-refractivity contribution is 0.150. The third-order valence-corrected chi connectivity index (χ3v) is 4.68. The molecule has 1 fully saturated rings. The molecular formula is C11H23NO2S. The highest BCUT2D eigenvalue weighted by Gasteiger charge is 2.32. The van der Waals surface area contributed by atoms with Crippen LogP contribution in [0.3, 0.4) is 0 Å². The van der Waals surface area contributed by atoms with Crippen molar-refractivity contribution in [1.29, 1.82) is 0 Å². The average Bonchev–Trinajstić information content (AvgIpc) is 1.99. The smallest absolute Gasteiger partial charge is 0.153 e. The van der Waals surface area contributed by atoms with E-state index in [-0.39, 0.29) is 6.04 Å². The van der Waals surface area contributed by atoms with Crippen molar-refractivity contribution in [2.45, 2.75) is 46.2 Å². The fourth-order valence-electron chi connectivity index (χ4n) is 2.33. The molecule has 0 bridgehead atoms. The zero-order valence-corrected chi connectivity index (χ0v) is 11.0. The fraction of sp³-hybridized carbons (Fsp3) is 1.00. The Hall–Kier alpha value is -0.0900. The second kappa shape index (κ2) is 4.83. The second-order valence-corrected chi connectivity index (χ2v) is 7.46. The first kappa shape index (κ1) is 13.0. The molecule has 1 aliphatic rings. The van der Waals surface area contributed by atoms with E-state index in [1.165, 1.54) is 0 Å². The Labute approximate surface area is 93.8 Å². The van der Waals surface area contributed by atoms with Crippen molar-refractivity contribution in [1.82, 2.24) is 4.90 Å². The minimum Gasteiger partial charge on any atom is -0.296 e. The summed E-state index contributed by atoms with van der Waals surface area (Å²) in [5, 5.41) is 0. The molecule has 0 saturated carbocycles. The Kier molecular flexibility index (Phi) is 4.18. The molecule has 0 aromatic carbocycles. The van der Waals surface area contributed by atoms with Crippen LogP contribution in [0.1, 0.15) is 34.1 Å². The van der Waals surface area contributed by atoms with Crippen molar-refractivity contribution in [2.24, 2.45) is 5.92 Å². The lowest BCUT2D eigenvalue weighted by Gasteiger charge is -2.39. The maximum absolute atomic E-state index is 11.6. The lowest BCUT2D eigenvalue weighted by atomic mass is 10.0. The first-order chi connectivity index (χ1) is 6.82. The molecule has 3 nitrogen and oxygen atoms in total. The molecule has 90 valence electrons. The average molecular weight is 233 g/mol. The van der Waals surface area contributed by atoms with Gasteiger partial charge in [0.1, 0.15) is 0 Å². The summed E-state index contributed by atoms with van der Waals surface area (Å²) in [6, 6.07) is 0.674. The molecule has 1 heterocycles. The van der Waals surface area contributed by atoms with Crippen molar-refractivity contribution in [3.05, 3.63) is 0 Å². The van der Waals surface area contributed by atoms with Gasteiger partial charge in [0.05, 0.1) is 11.5 Å². The van der Waals surface area contributed by atoms with Crippen molar-refractivity contribution in [3.8, 4) is 0 Å². The fourth-order valence-corrected chi connectivity index (χ4v) is 3.90. The molecule has 0 spiro atoms. The van der Waals surface area contributed by atoms with Crippen LogP contribution in [-0.4, -0.2) is 43.5 Å². The molecule has 15 heavy (non-hydrogen) atoms. The van der Waals surface area contributed by atoms with Gasteiger partial charge < -0.3 is 0 Å². The molecule has 1 rings (SSSR count). The van der Waals surface area contributed by atoms with Gasteiger partial charge in [-0.3, -0.25) is 4.90 Å². The standard InChI is InChI=1S/C11H23NO2S/c1-9(2)7-11-8-15(13,14)6-5-12(11)10(3)4/h9-11H,5-8H2,1-4H3. The summed E-state index contributed by atoms with van der Waals surface area (Å²) in [5.74, 6) is 1.24. The SMILES string of the molecule is CC(C)CC1CS(=O)(=O)CCN1C(C)C. The van der Waals surface area contributed by atoms with E-state index in [4.69, 9.17) is 0 Å². The summed E-state index contributed by atoms with van der Waals surface area (Å²) in [5.41, 5.74) is 0. The van der Waals surface area contributed by atoms with E-state index in [2.05, 4.69) is 32.6 Å². The molecule has 0 radical (unpaired) electrons. The van der Waals surface area contributed by atoms with Gasteiger partial charge in [-0.05, 0) is 26.2 Å². The van der Waals surface area contributed by atoms with Crippen LogP contribution in [0.15, 0.2) is 0 Å². The van der Waals surface area contributed by atoms with Crippen molar-refractivity contribution < 1.29 is 8.42 Å². The highest BCUT2D eigenvalue weighted by Crippen LogP contribution is 2.20. The first-order valence-corrected chi connectivity index (χ1v) is 7.60. The lowest BCUT2D eigenvalue weighted by Crippen LogP contribution is -2.51. The predicted molar refractivity (Wildman–Crippen MR) is 63.7 cm³/mol. The number of hydrogen-bond acceptors (Lipinski definition) is 3. The Balaban J connectivity index is 2.73. The predicted octanol–water partition coefficient (Wildman–Crippen LogP) is 1.54. The summed E-state index contributed by atoms with van der Waals surface area (Å²) in [7, 11) is -2.79. The molecule has 4 heteroatoms. The van der Waals surface area contributed by atoms with E-state index in [1.807, 2.05) is 0 Å². The van der Waals surface area contributed by atoms with Crippen molar-refractivity contribution in [3.63, 3.8) is 0 Å². The van der Waals surface area contributed by atoms with E-state index >= 15 is 0 Å². The molecule has 1 atom stereocenters. The maximum Gasteiger partial charge on any atom is 0.153 e. The third kappa shape index (κ3) is 3.76. The number of nitrogens with zero attached hydrogens (tertiary/aromatic N) is 1. The zero-order chi connectivity index (χ0) is 11.6. The minimum atomic E-state index is -2.79. The molecule has 1 unspecified atom stereocenters. The Morgan fingerprint density at radius 3 is 2.33 bits per heavy atom. The maximum atomic E-state index is 11.6. The Bertz CT molecular complexity index is 296. The van der Waals surface area contributed by atoms with Gasteiger partial charge in [-0.1, -0.05) is 13.8 Å². The molecule has 0 aliphatic carbocycles. The van der Waals surface area contributed by atoms with Crippen LogP contribution in [0.4, 0.5) is 0 Å². The van der Waals surface area contributed by atoms with Gasteiger partial charge in [0.25, 0.3) is 0 Å². The summed E-state index contributed by atoms with van der Waals surface area (Å²) in [4.78, 5) is 2.33. The number of rotatable bonds is 3. The van der Waals surface area contributed by atoms with E-state index < -0.39 is 9.84 Å². The normalized spacial score (nSPS) is 27.5. The third-order valence-electron chi connectivity index (χ3n) is 2.98. The molecule has 0 aromatic rings. The zero-order valence-electron chi connectivity index (χ0n) is 10.2. The highest BCUT2D eigenvalue weighted by atomic mass is 32.2. The van der Waals surface area contributed by atoms with Gasteiger partial charge in [-0.25, -0.2) is 8.42 Å². The quantitative estimate of drug-likeness (QED) is 0.742. The number of hydrogen-bond donors (Lipinski definition) is 0. The summed E-state index contributed by atoms with van der Waals surface area (Å²) < 4.78 is 23.2. The number of sulfone groups is 1. The summed E-state index contributed by atoms with van der Waals surface area (Å²) in [6.07, 6.45) is 0.984. The van der Waals surface area contributed by atoms with Gasteiger partial charge in [-0.15, -0.1) is 0 Å². The molecular weight excluding hydrogens is 210 g/mol. The van der Waals surface area contributed by atoms with Gasteiger partial charge in [-0.2, -0.15) is 0 Å². The van der Waals surface area contributed by atoms with Crippen LogP contribution in [0.2, 0.25) is 0 Å². The molecule has 0 aromatic heterocycles. The largest absolute Gasteiger partial charge is 0.296 e. The highest BCUT2D eigenvalue weighted by molar-refractivity contribution is 7.91. The Morgan fingerprint density at radius 2 is 1.87 bits per heavy atom. The minimum absolute atomic E-state index is 0.226. The molecule has 1 aliphatic heterocycles.